The Hall–Kier alpha value is -2.84. The first-order valence-electron chi connectivity index (χ1n) is 6.84. The van der Waals surface area contributed by atoms with Crippen LogP contribution in [0.3, 0.4) is 0 Å². The van der Waals surface area contributed by atoms with E-state index < -0.39 is 11.6 Å². The molecule has 112 valence electrons. The number of nitrogens with zero attached hydrogens (tertiary/aromatic N) is 1. The zero-order valence-electron chi connectivity index (χ0n) is 12.2. The van der Waals surface area contributed by atoms with Crippen molar-refractivity contribution in [1.29, 1.82) is 5.26 Å². The monoisotopic (exact) mass is 295 g/mol. The van der Waals surface area contributed by atoms with Gasteiger partial charge in [0.15, 0.2) is 0 Å². The number of benzene rings is 2. The minimum Gasteiger partial charge on any atom is -0.384 e. The molecule has 0 aliphatic carbocycles. The maximum Gasteiger partial charge on any atom is 0.319 e. The predicted octanol–water partition coefficient (Wildman–Crippen LogP) is 2.59. The number of hydrogen-bond donors (Lipinski definition) is 3. The molecule has 0 aliphatic rings. The number of carbonyl (C=O) groups is 1. The molecule has 22 heavy (non-hydrogen) atoms. The Morgan fingerprint density at radius 2 is 1.82 bits per heavy atom. The number of amides is 2. The van der Waals surface area contributed by atoms with Crippen LogP contribution in [0.15, 0.2) is 54.6 Å². The van der Waals surface area contributed by atoms with Crippen LogP contribution in [0.1, 0.15) is 18.1 Å². The van der Waals surface area contributed by atoms with E-state index in [9.17, 15) is 9.90 Å². The lowest BCUT2D eigenvalue weighted by atomic mass is 9.96. The molecule has 1 atom stereocenters. The van der Waals surface area contributed by atoms with Gasteiger partial charge >= 0.3 is 6.03 Å². The minimum absolute atomic E-state index is 0.0825. The van der Waals surface area contributed by atoms with Crippen LogP contribution >= 0.6 is 0 Å². The van der Waals surface area contributed by atoms with Crippen LogP contribution in [0.2, 0.25) is 0 Å². The SMILES string of the molecule is CC(O)(CNC(=O)Nc1ccc(C#N)cc1)c1ccccc1. The number of rotatable bonds is 4. The van der Waals surface area contributed by atoms with Gasteiger partial charge in [-0.15, -0.1) is 0 Å². The second-order valence-electron chi connectivity index (χ2n) is 5.14. The summed E-state index contributed by atoms with van der Waals surface area (Å²) in [5, 5.41) is 24.4. The molecule has 0 fully saturated rings. The van der Waals surface area contributed by atoms with E-state index in [-0.39, 0.29) is 6.54 Å². The Morgan fingerprint density at radius 3 is 2.41 bits per heavy atom. The van der Waals surface area contributed by atoms with Crippen molar-refractivity contribution in [3.05, 3.63) is 65.7 Å². The summed E-state index contributed by atoms with van der Waals surface area (Å²) in [5.41, 5.74) is 0.686. The van der Waals surface area contributed by atoms with Crippen molar-refractivity contribution in [3.63, 3.8) is 0 Å². The van der Waals surface area contributed by atoms with Gasteiger partial charge < -0.3 is 15.7 Å². The Morgan fingerprint density at radius 1 is 1.18 bits per heavy atom. The van der Waals surface area contributed by atoms with Crippen molar-refractivity contribution >= 4 is 11.7 Å². The molecule has 0 aliphatic heterocycles. The van der Waals surface area contributed by atoms with Gasteiger partial charge in [0.05, 0.1) is 18.2 Å². The second-order valence-corrected chi connectivity index (χ2v) is 5.14. The average molecular weight is 295 g/mol. The van der Waals surface area contributed by atoms with Crippen LogP contribution in [-0.2, 0) is 5.60 Å². The molecule has 3 N–H and O–H groups in total. The van der Waals surface area contributed by atoms with E-state index >= 15 is 0 Å². The molecule has 0 aromatic heterocycles. The van der Waals surface area contributed by atoms with Crippen molar-refractivity contribution in [3.8, 4) is 6.07 Å². The van der Waals surface area contributed by atoms with Gasteiger partial charge in [-0.2, -0.15) is 5.26 Å². The fourth-order valence-corrected chi connectivity index (χ4v) is 1.96. The summed E-state index contributed by atoms with van der Waals surface area (Å²) in [5.74, 6) is 0. The summed E-state index contributed by atoms with van der Waals surface area (Å²) in [6.07, 6.45) is 0. The highest BCUT2D eigenvalue weighted by Crippen LogP contribution is 2.19. The largest absolute Gasteiger partial charge is 0.384 e. The molecule has 0 heterocycles. The Kier molecular flexibility index (Phi) is 4.77. The quantitative estimate of drug-likeness (QED) is 0.810. The van der Waals surface area contributed by atoms with Crippen molar-refractivity contribution < 1.29 is 9.90 Å². The number of hydrogen-bond acceptors (Lipinski definition) is 3. The van der Waals surface area contributed by atoms with Gasteiger partial charge in [-0.1, -0.05) is 30.3 Å². The molecule has 1 unspecified atom stereocenters. The molecular weight excluding hydrogens is 278 g/mol. The fourth-order valence-electron chi connectivity index (χ4n) is 1.96. The van der Waals surface area contributed by atoms with E-state index in [4.69, 9.17) is 5.26 Å². The predicted molar refractivity (Wildman–Crippen MR) is 84.2 cm³/mol. The summed E-state index contributed by atoms with van der Waals surface area (Å²) >= 11 is 0. The third kappa shape index (κ3) is 4.08. The Labute approximate surface area is 129 Å². The highest BCUT2D eigenvalue weighted by molar-refractivity contribution is 5.89. The molecule has 2 rings (SSSR count). The maximum absolute atomic E-state index is 11.8. The summed E-state index contributed by atoms with van der Waals surface area (Å²) in [6, 6.07) is 17.3. The van der Waals surface area contributed by atoms with E-state index in [0.29, 0.717) is 11.3 Å². The van der Waals surface area contributed by atoms with E-state index in [1.165, 1.54) is 0 Å². The summed E-state index contributed by atoms with van der Waals surface area (Å²) in [6.45, 7) is 1.73. The molecule has 2 amide bonds. The van der Waals surface area contributed by atoms with Crippen molar-refractivity contribution in [2.24, 2.45) is 0 Å². The number of nitriles is 1. The molecule has 2 aromatic rings. The van der Waals surface area contributed by atoms with Crippen molar-refractivity contribution in [2.75, 3.05) is 11.9 Å². The van der Waals surface area contributed by atoms with E-state index in [0.717, 1.165) is 5.56 Å². The summed E-state index contributed by atoms with van der Waals surface area (Å²) in [7, 11) is 0. The number of nitrogens with one attached hydrogen (secondary N) is 2. The van der Waals surface area contributed by atoms with Crippen LogP contribution < -0.4 is 10.6 Å². The molecule has 5 nitrogen and oxygen atoms in total. The van der Waals surface area contributed by atoms with Crippen LogP contribution in [0.25, 0.3) is 0 Å². The van der Waals surface area contributed by atoms with Gasteiger partial charge in [0.2, 0.25) is 0 Å². The lowest BCUT2D eigenvalue weighted by Gasteiger charge is -2.24. The van der Waals surface area contributed by atoms with Crippen LogP contribution in [0.5, 0.6) is 0 Å². The fraction of sp³-hybridized carbons (Fsp3) is 0.176. The normalized spacial score (nSPS) is 12.8. The highest BCUT2D eigenvalue weighted by atomic mass is 16.3. The van der Waals surface area contributed by atoms with Gasteiger partial charge in [0, 0.05) is 5.69 Å². The maximum atomic E-state index is 11.8. The Bertz CT molecular complexity index is 673. The van der Waals surface area contributed by atoms with Crippen molar-refractivity contribution in [1.82, 2.24) is 5.32 Å². The molecular formula is C17H17N3O2. The first kappa shape index (κ1) is 15.5. The van der Waals surface area contributed by atoms with Crippen LogP contribution in [-0.4, -0.2) is 17.7 Å². The first-order chi connectivity index (χ1) is 10.5. The number of urea groups is 1. The topological polar surface area (TPSA) is 85.2 Å². The minimum atomic E-state index is -1.15. The van der Waals surface area contributed by atoms with Gasteiger partial charge in [0.1, 0.15) is 5.60 Å². The molecule has 2 aromatic carbocycles. The zero-order chi connectivity index (χ0) is 16.0. The molecule has 0 saturated heterocycles. The van der Waals surface area contributed by atoms with E-state index in [1.54, 1.807) is 43.3 Å². The number of carbonyl (C=O) groups excluding carboxylic acids is 1. The molecule has 0 bridgehead atoms. The smallest absolute Gasteiger partial charge is 0.319 e. The van der Waals surface area contributed by atoms with E-state index in [1.807, 2.05) is 24.3 Å². The third-order valence-corrected chi connectivity index (χ3v) is 3.26. The van der Waals surface area contributed by atoms with Gasteiger partial charge in [-0.25, -0.2) is 4.79 Å². The zero-order valence-corrected chi connectivity index (χ0v) is 12.2. The first-order valence-corrected chi connectivity index (χ1v) is 6.84. The molecule has 0 radical (unpaired) electrons. The number of anilines is 1. The lowest BCUT2D eigenvalue weighted by molar-refractivity contribution is 0.0599. The summed E-state index contributed by atoms with van der Waals surface area (Å²) < 4.78 is 0. The third-order valence-electron chi connectivity index (χ3n) is 3.26. The van der Waals surface area contributed by atoms with Crippen LogP contribution in [0.4, 0.5) is 10.5 Å². The van der Waals surface area contributed by atoms with Gasteiger partial charge in [-0.05, 0) is 36.8 Å². The van der Waals surface area contributed by atoms with E-state index in [2.05, 4.69) is 10.6 Å². The molecule has 0 spiro atoms. The lowest BCUT2D eigenvalue weighted by Crippen LogP contribution is -2.40. The molecule has 0 saturated carbocycles. The summed E-state index contributed by atoms with van der Waals surface area (Å²) in [4.78, 5) is 11.8. The standard InChI is InChI=1S/C17H17N3O2/c1-17(22,14-5-3-2-4-6-14)12-19-16(21)20-15-9-7-13(11-18)8-10-15/h2-10,22H,12H2,1H3,(H2,19,20,21). The van der Waals surface area contributed by atoms with Gasteiger partial charge in [-0.3, -0.25) is 0 Å². The van der Waals surface area contributed by atoms with Gasteiger partial charge in [0.25, 0.3) is 0 Å². The van der Waals surface area contributed by atoms with Crippen LogP contribution in [0, 0.1) is 11.3 Å². The Balaban J connectivity index is 1.91. The second kappa shape index (κ2) is 6.74. The van der Waals surface area contributed by atoms with Crippen molar-refractivity contribution in [2.45, 2.75) is 12.5 Å². The number of aliphatic hydroxyl groups is 1. The highest BCUT2D eigenvalue weighted by Gasteiger charge is 2.23. The average Bonchev–Trinajstić information content (AvgIpc) is 2.55. The molecule has 5 heteroatoms.